The number of likely N-dealkylation sites (N-methyl/N-ethyl adjacent to an activating group) is 1. The second kappa shape index (κ2) is 13.0. The number of carboxylic acids is 1. The largest absolute Gasteiger partial charge is 0.478 e. The molecular weight excluding hydrogens is 406 g/mol. The summed E-state index contributed by atoms with van der Waals surface area (Å²) in [7, 11) is 4.12. The van der Waals surface area contributed by atoms with Crippen molar-refractivity contribution in [3.63, 3.8) is 0 Å². The topological polar surface area (TPSA) is 76.1 Å². The number of hydrogen-bond acceptors (Lipinski definition) is 5. The Morgan fingerprint density at radius 2 is 1.34 bits per heavy atom. The predicted octanol–water partition coefficient (Wildman–Crippen LogP) is 4.66. The maximum atomic E-state index is 10.6. The Morgan fingerprint density at radius 1 is 0.844 bits per heavy atom. The van der Waals surface area contributed by atoms with Crippen LogP contribution in [0.25, 0.3) is 0 Å². The average Bonchev–Trinajstić information content (AvgIpc) is 2.78. The molecule has 0 bridgehead atoms. The molecule has 168 valence electrons. The van der Waals surface area contributed by atoms with E-state index in [1.54, 1.807) is 12.1 Å². The van der Waals surface area contributed by atoms with Crippen LogP contribution in [-0.4, -0.2) is 49.2 Å². The molecule has 0 spiro atoms. The van der Waals surface area contributed by atoms with Gasteiger partial charge >= 0.3 is 11.9 Å². The highest BCUT2D eigenvalue weighted by Gasteiger charge is 2.14. The van der Waals surface area contributed by atoms with Crippen molar-refractivity contribution in [1.29, 1.82) is 0 Å². The van der Waals surface area contributed by atoms with Crippen LogP contribution in [0, 0.1) is 0 Å². The number of benzene rings is 3. The van der Waals surface area contributed by atoms with Crippen molar-refractivity contribution in [2.24, 2.45) is 0 Å². The summed E-state index contributed by atoms with van der Waals surface area (Å²) in [5.74, 6) is -1.58. The molecule has 0 radical (unpaired) electrons. The molecule has 0 aliphatic carbocycles. The van der Waals surface area contributed by atoms with E-state index >= 15 is 0 Å². The Bertz CT molecular complexity index is 934. The first-order chi connectivity index (χ1) is 15.4. The maximum absolute atomic E-state index is 10.6. The summed E-state index contributed by atoms with van der Waals surface area (Å²) >= 11 is 0. The van der Waals surface area contributed by atoms with Gasteiger partial charge in [-0.2, -0.15) is 0 Å². The summed E-state index contributed by atoms with van der Waals surface area (Å²) < 4.78 is 10.8. The summed E-state index contributed by atoms with van der Waals surface area (Å²) in [6, 6.07) is 26.7. The molecule has 6 heteroatoms. The van der Waals surface area contributed by atoms with E-state index in [1.165, 1.54) is 30.2 Å². The summed E-state index contributed by atoms with van der Waals surface area (Å²) in [5, 5.41) is 8.69. The fourth-order valence-electron chi connectivity index (χ4n) is 2.88. The lowest BCUT2D eigenvalue weighted by Gasteiger charge is -2.20. The summed E-state index contributed by atoms with van der Waals surface area (Å²) in [5.41, 5.74) is 2.39. The van der Waals surface area contributed by atoms with Crippen LogP contribution in [0.5, 0.6) is 5.75 Å². The number of para-hydroxylation sites is 1. The molecule has 0 saturated heterocycles. The predicted molar refractivity (Wildman–Crippen MR) is 124 cm³/mol. The normalized spacial score (nSPS) is 10.4. The first-order valence-corrected chi connectivity index (χ1v) is 10.3. The van der Waals surface area contributed by atoms with Gasteiger partial charge in [-0.05, 0) is 37.4 Å². The lowest BCUT2D eigenvalue weighted by atomic mass is 10.0. The summed E-state index contributed by atoms with van der Waals surface area (Å²) in [6.07, 6.45) is 0.0161. The number of rotatable bonds is 8. The number of carbonyl (C=O) groups excluding carboxylic acids is 1. The van der Waals surface area contributed by atoms with Gasteiger partial charge < -0.3 is 19.5 Å². The standard InChI is InChI=1S/C17H21NO.C9H8O4/c1-18(2)13-14-19-17(15-9-5-3-6-10-15)16-11-7-4-8-12-16;1-6(10)13-8-5-3-2-4-7(8)9(11)12/h3-12,17H,13-14H2,1-2H3;2-5H,1H3,(H,11,12). The van der Waals surface area contributed by atoms with Crippen molar-refractivity contribution in [1.82, 2.24) is 4.90 Å². The lowest BCUT2D eigenvalue weighted by Crippen LogP contribution is -2.20. The molecule has 0 saturated carbocycles. The monoisotopic (exact) mass is 435 g/mol. The Labute approximate surface area is 189 Å². The molecule has 3 aromatic rings. The second-order valence-corrected chi connectivity index (χ2v) is 7.27. The van der Waals surface area contributed by atoms with Gasteiger partial charge in [0.25, 0.3) is 0 Å². The van der Waals surface area contributed by atoms with Crippen LogP contribution in [0.15, 0.2) is 84.9 Å². The number of esters is 1. The first kappa shape index (κ1) is 24.8. The smallest absolute Gasteiger partial charge is 0.339 e. The fraction of sp³-hybridized carbons (Fsp3) is 0.231. The van der Waals surface area contributed by atoms with Gasteiger partial charge in [-0.1, -0.05) is 72.8 Å². The molecule has 32 heavy (non-hydrogen) atoms. The number of aromatic carboxylic acids is 1. The molecule has 0 atom stereocenters. The molecule has 0 unspecified atom stereocenters. The third kappa shape index (κ3) is 8.34. The maximum Gasteiger partial charge on any atom is 0.339 e. The van der Waals surface area contributed by atoms with Crippen molar-refractivity contribution < 1.29 is 24.2 Å². The second-order valence-electron chi connectivity index (χ2n) is 7.27. The molecule has 0 heterocycles. The Morgan fingerprint density at radius 3 is 1.81 bits per heavy atom. The van der Waals surface area contributed by atoms with Crippen molar-refractivity contribution in [2.45, 2.75) is 13.0 Å². The minimum absolute atomic E-state index is 0.0160. The van der Waals surface area contributed by atoms with Crippen molar-refractivity contribution in [3.05, 3.63) is 102 Å². The molecule has 0 fully saturated rings. The average molecular weight is 436 g/mol. The molecule has 0 aliphatic rings. The zero-order chi connectivity index (χ0) is 23.3. The van der Waals surface area contributed by atoms with Crippen LogP contribution in [0.2, 0.25) is 0 Å². The van der Waals surface area contributed by atoms with Gasteiger partial charge in [0, 0.05) is 13.5 Å². The minimum Gasteiger partial charge on any atom is -0.478 e. The summed E-state index contributed by atoms with van der Waals surface area (Å²) in [6.45, 7) is 2.87. The van der Waals surface area contributed by atoms with E-state index in [2.05, 4.69) is 72.3 Å². The number of nitrogens with zero attached hydrogens (tertiary/aromatic N) is 1. The number of hydrogen-bond donors (Lipinski definition) is 1. The van der Waals surface area contributed by atoms with Gasteiger partial charge in [-0.3, -0.25) is 4.79 Å². The molecular formula is C26H29NO5. The van der Waals surface area contributed by atoms with E-state index in [4.69, 9.17) is 9.84 Å². The Hall–Kier alpha value is -3.48. The van der Waals surface area contributed by atoms with Gasteiger partial charge in [0.2, 0.25) is 0 Å². The highest BCUT2D eigenvalue weighted by molar-refractivity contribution is 5.91. The fourth-order valence-corrected chi connectivity index (χ4v) is 2.88. The zero-order valence-electron chi connectivity index (χ0n) is 18.6. The van der Waals surface area contributed by atoms with Gasteiger partial charge in [0.05, 0.1) is 6.61 Å². The van der Waals surface area contributed by atoms with E-state index in [-0.39, 0.29) is 17.4 Å². The molecule has 0 aliphatic heterocycles. The molecule has 1 N–H and O–H groups in total. The Kier molecular flexibility index (Phi) is 10.1. The third-order valence-electron chi connectivity index (χ3n) is 4.40. The molecule has 0 aromatic heterocycles. The van der Waals surface area contributed by atoms with Gasteiger partial charge in [0.15, 0.2) is 0 Å². The SMILES string of the molecule is CC(=O)Oc1ccccc1C(=O)O.CN(C)CCOC(c1ccccc1)c1ccccc1. The Balaban J connectivity index is 0.000000244. The van der Waals surface area contributed by atoms with Gasteiger partial charge in [-0.15, -0.1) is 0 Å². The lowest BCUT2D eigenvalue weighted by molar-refractivity contribution is -0.131. The number of ether oxygens (including phenoxy) is 2. The van der Waals surface area contributed by atoms with E-state index in [0.29, 0.717) is 0 Å². The molecule has 3 rings (SSSR count). The van der Waals surface area contributed by atoms with Gasteiger partial charge in [0.1, 0.15) is 17.4 Å². The van der Waals surface area contributed by atoms with E-state index < -0.39 is 11.9 Å². The van der Waals surface area contributed by atoms with Crippen molar-refractivity contribution in [3.8, 4) is 5.75 Å². The highest BCUT2D eigenvalue weighted by Crippen LogP contribution is 2.25. The quantitative estimate of drug-likeness (QED) is 0.410. The summed E-state index contributed by atoms with van der Waals surface area (Å²) in [4.78, 5) is 23.3. The number of carboxylic acid groups (broad SMARTS) is 1. The molecule has 0 amide bonds. The molecule has 3 aromatic carbocycles. The van der Waals surface area contributed by atoms with Crippen molar-refractivity contribution in [2.75, 3.05) is 27.2 Å². The van der Waals surface area contributed by atoms with Gasteiger partial charge in [-0.25, -0.2) is 4.79 Å². The third-order valence-corrected chi connectivity index (χ3v) is 4.40. The van der Waals surface area contributed by atoms with Crippen molar-refractivity contribution >= 4 is 11.9 Å². The molecule has 6 nitrogen and oxygen atoms in total. The first-order valence-electron chi connectivity index (χ1n) is 10.3. The minimum atomic E-state index is -1.11. The van der Waals surface area contributed by atoms with Crippen LogP contribution in [-0.2, 0) is 9.53 Å². The van der Waals surface area contributed by atoms with E-state index in [1.807, 2.05) is 12.1 Å². The van der Waals surface area contributed by atoms with Crippen LogP contribution in [0.3, 0.4) is 0 Å². The van der Waals surface area contributed by atoms with Crippen LogP contribution >= 0.6 is 0 Å². The van der Waals surface area contributed by atoms with E-state index in [9.17, 15) is 9.59 Å². The van der Waals surface area contributed by atoms with Crippen LogP contribution < -0.4 is 4.74 Å². The number of carbonyl (C=O) groups is 2. The van der Waals surface area contributed by atoms with Crippen LogP contribution in [0.1, 0.15) is 34.5 Å². The van der Waals surface area contributed by atoms with E-state index in [0.717, 1.165) is 13.2 Å². The van der Waals surface area contributed by atoms with Crippen LogP contribution in [0.4, 0.5) is 0 Å². The highest BCUT2D eigenvalue weighted by atomic mass is 16.5. The zero-order valence-corrected chi connectivity index (χ0v) is 18.6.